The number of halogens is 1. The van der Waals surface area contributed by atoms with Gasteiger partial charge in [-0.2, -0.15) is 5.10 Å². The van der Waals surface area contributed by atoms with E-state index in [4.69, 9.17) is 0 Å². The molecular formula is C40H33FN2O3S. The third-order valence-electron chi connectivity index (χ3n) is 9.06. The van der Waals surface area contributed by atoms with Crippen LogP contribution >= 0.6 is 0 Å². The maximum Gasteiger partial charge on any atom is 0.272 e. The number of H-pyrrole nitrogens is 1. The van der Waals surface area contributed by atoms with E-state index in [2.05, 4.69) is 52.7 Å². The summed E-state index contributed by atoms with van der Waals surface area (Å²) in [6, 6.07) is 30.0. The SMILES string of the molecule is CS(=O)(=O)c1cccc(-c2cc(Cc3cccc4ccc5c(c34)CCC3=C5C=CCC3)ccc2F)c1.O=c1[nH]ncc2ccccc12. The lowest BCUT2D eigenvalue weighted by molar-refractivity contribution is 0.601. The first kappa shape index (κ1) is 30.5. The number of allylic oxidation sites excluding steroid dienone is 4. The fourth-order valence-corrected chi connectivity index (χ4v) is 7.44. The second-order valence-corrected chi connectivity index (χ2v) is 14.2. The molecule has 0 bridgehead atoms. The van der Waals surface area contributed by atoms with Crippen molar-refractivity contribution in [3.8, 4) is 11.1 Å². The largest absolute Gasteiger partial charge is 0.272 e. The van der Waals surface area contributed by atoms with Crippen LogP contribution in [0.15, 0.2) is 131 Å². The molecule has 1 heterocycles. The van der Waals surface area contributed by atoms with Crippen molar-refractivity contribution in [3.63, 3.8) is 0 Å². The van der Waals surface area contributed by atoms with Crippen LogP contribution in [-0.4, -0.2) is 24.9 Å². The molecule has 5 nitrogen and oxygen atoms in total. The van der Waals surface area contributed by atoms with Crippen molar-refractivity contribution < 1.29 is 12.8 Å². The van der Waals surface area contributed by atoms with Crippen LogP contribution in [0.4, 0.5) is 4.39 Å². The predicted molar refractivity (Wildman–Crippen MR) is 188 cm³/mol. The first-order valence-corrected chi connectivity index (χ1v) is 17.6. The third kappa shape index (κ3) is 6.19. The van der Waals surface area contributed by atoms with Crippen molar-refractivity contribution in [3.05, 3.63) is 159 Å². The summed E-state index contributed by atoms with van der Waals surface area (Å²) < 4.78 is 39.0. The second-order valence-electron chi connectivity index (χ2n) is 12.1. The number of aromatic nitrogens is 2. The van der Waals surface area contributed by atoms with Gasteiger partial charge in [0.05, 0.1) is 11.1 Å². The quantitative estimate of drug-likeness (QED) is 0.209. The lowest BCUT2D eigenvalue weighted by Crippen LogP contribution is -2.08. The molecule has 2 aliphatic rings. The minimum absolute atomic E-state index is 0.136. The summed E-state index contributed by atoms with van der Waals surface area (Å²) in [6.07, 6.45) is 12.5. The molecule has 0 amide bonds. The van der Waals surface area contributed by atoms with E-state index < -0.39 is 9.84 Å². The molecule has 0 fully saturated rings. The van der Waals surface area contributed by atoms with Gasteiger partial charge in [0.25, 0.3) is 5.56 Å². The number of hydrogen-bond acceptors (Lipinski definition) is 4. The van der Waals surface area contributed by atoms with E-state index in [1.807, 2.05) is 30.3 Å². The number of nitrogens with one attached hydrogen (secondary N) is 1. The van der Waals surface area contributed by atoms with Gasteiger partial charge >= 0.3 is 0 Å². The molecule has 0 unspecified atom stereocenters. The van der Waals surface area contributed by atoms with E-state index in [1.54, 1.807) is 42.1 Å². The highest BCUT2D eigenvalue weighted by Gasteiger charge is 2.22. The van der Waals surface area contributed by atoms with Gasteiger partial charge in [0, 0.05) is 22.6 Å². The van der Waals surface area contributed by atoms with Crippen LogP contribution in [0.25, 0.3) is 38.2 Å². The highest BCUT2D eigenvalue weighted by atomic mass is 32.2. The Bertz CT molecular complexity index is 2400. The summed E-state index contributed by atoms with van der Waals surface area (Å²) in [5.41, 5.74) is 8.81. The van der Waals surface area contributed by atoms with Crippen molar-refractivity contribution >= 4 is 37.0 Å². The van der Waals surface area contributed by atoms with Gasteiger partial charge in [-0.05, 0) is 107 Å². The van der Waals surface area contributed by atoms with Gasteiger partial charge in [-0.3, -0.25) is 4.79 Å². The summed E-state index contributed by atoms with van der Waals surface area (Å²) in [5, 5.41) is 10.1. The molecule has 5 aromatic carbocycles. The van der Waals surface area contributed by atoms with Gasteiger partial charge in [-0.25, -0.2) is 17.9 Å². The van der Waals surface area contributed by atoms with Crippen molar-refractivity contribution in [1.29, 1.82) is 0 Å². The molecule has 1 aromatic heterocycles. The van der Waals surface area contributed by atoms with Crippen LogP contribution in [0.2, 0.25) is 0 Å². The standard InChI is InChI=1S/C32H27FO2S.C8H6N2O/c1-36(34,35)26-10-5-8-24(20-26)30-19-21(12-17-31(30)33)18-25-9-4-7-23-14-15-28-27-11-3-2-6-22(27)13-16-29(28)32(23)25;11-8-7-4-2-1-3-6(7)5-9-10-8/h3-5,7-12,14-15,17,19-20H,2,6,13,16,18H2,1H3;1-5H,(H,10,11). The fraction of sp³-hybridized carbons (Fsp3) is 0.150. The highest BCUT2D eigenvalue weighted by Crippen LogP contribution is 2.41. The van der Waals surface area contributed by atoms with Crippen molar-refractivity contribution in [1.82, 2.24) is 10.2 Å². The molecule has 0 spiro atoms. The zero-order valence-electron chi connectivity index (χ0n) is 26.0. The predicted octanol–water partition coefficient (Wildman–Crippen LogP) is 8.61. The first-order valence-electron chi connectivity index (χ1n) is 15.7. The van der Waals surface area contributed by atoms with Crippen LogP contribution in [0.1, 0.15) is 41.5 Å². The Morgan fingerprint density at radius 2 is 1.66 bits per heavy atom. The number of nitrogens with zero attached hydrogens (tertiary/aromatic N) is 1. The Hall–Kier alpha value is -5.14. The molecular weight excluding hydrogens is 608 g/mol. The van der Waals surface area contributed by atoms with E-state index >= 15 is 0 Å². The first-order chi connectivity index (χ1) is 22.8. The molecule has 0 saturated carbocycles. The minimum atomic E-state index is -3.38. The number of benzene rings is 5. The van der Waals surface area contributed by atoms with E-state index in [0.29, 0.717) is 22.9 Å². The van der Waals surface area contributed by atoms with Crippen LogP contribution in [0.5, 0.6) is 0 Å². The Kier molecular flexibility index (Phi) is 8.16. The van der Waals surface area contributed by atoms with Crippen molar-refractivity contribution in [2.24, 2.45) is 0 Å². The van der Waals surface area contributed by atoms with Crippen LogP contribution in [0.3, 0.4) is 0 Å². The summed E-state index contributed by atoms with van der Waals surface area (Å²) in [4.78, 5) is 11.3. The molecule has 47 heavy (non-hydrogen) atoms. The molecule has 0 saturated heterocycles. The molecule has 2 aliphatic carbocycles. The van der Waals surface area contributed by atoms with Gasteiger partial charge in [0.2, 0.25) is 0 Å². The molecule has 0 radical (unpaired) electrons. The Labute approximate surface area is 273 Å². The van der Waals surface area contributed by atoms with Gasteiger partial charge in [0.1, 0.15) is 5.82 Å². The second kappa shape index (κ2) is 12.6. The normalized spacial score (nSPS) is 14.0. The zero-order valence-corrected chi connectivity index (χ0v) is 26.8. The van der Waals surface area contributed by atoms with Crippen LogP contribution in [0, 0.1) is 5.82 Å². The summed E-state index contributed by atoms with van der Waals surface area (Å²) in [5.74, 6) is -0.358. The maximum absolute atomic E-state index is 14.9. The lowest BCUT2D eigenvalue weighted by Gasteiger charge is -2.26. The molecule has 0 atom stereocenters. The maximum atomic E-state index is 14.9. The topological polar surface area (TPSA) is 79.9 Å². The molecule has 0 aliphatic heterocycles. The number of aryl methyl sites for hydroxylation is 1. The number of sulfone groups is 1. The zero-order chi connectivity index (χ0) is 32.5. The van der Waals surface area contributed by atoms with Gasteiger partial charge in [0.15, 0.2) is 9.84 Å². The molecule has 234 valence electrons. The Morgan fingerprint density at radius 1 is 0.830 bits per heavy atom. The smallest absolute Gasteiger partial charge is 0.267 e. The molecule has 1 N–H and O–H groups in total. The van der Waals surface area contributed by atoms with E-state index in [1.165, 1.54) is 45.4 Å². The third-order valence-corrected chi connectivity index (χ3v) is 10.2. The highest BCUT2D eigenvalue weighted by molar-refractivity contribution is 7.90. The molecule has 7 heteroatoms. The number of rotatable bonds is 4. The van der Waals surface area contributed by atoms with Crippen molar-refractivity contribution in [2.45, 2.75) is 37.0 Å². The minimum Gasteiger partial charge on any atom is -0.267 e. The van der Waals surface area contributed by atoms with E-state index in [-0.39, 0.29) is 16.3 Å². The lowest BCUT2D eigenvalue weighted by atomic mass is 9.78. The van der Waals surface area contributed by atoms with Crippen LogP contribution in [-0.2, 0) is 22.7 Å². The molecule has 6 aromatic rings. The van der Waals surface area contributed by atoms with Crippen LogP contribution < -0.4 is 5.56 Å². The molecule has 8 rings (SSSR count). The number of aromatic amines is 1. The van der Waals surface area contributed by atoms with Crippen molar-refractivity contribution in [2.75, 3.05) is 6.26 Å². The summed E-state index contributed by atoms with van der Waals surface area (Å²) in [7, 11) is -3.38. The Balaban J connectivity index is 0.000000269. The average Bonchev–Trinajstić information content (AvgIpc) is 3.09. The van der Waals surface area contributed by atoms with E-state index in [0.717, 1.165) is 36.6 Å². The monoisotopic (exact) mass is 640 g/mol. The number of fused-ring (bicyclic) bond motifs is 5. The van der Waals surface area contributed by atoms with E-state index in [9.17, 15) is 17.6 Å². The summed E-state index contributed by atoms with van der Waals surface area (Å²) in [6.45, 7) is 0. The fourth-order valence-electron chi connectivity index (χ4n) is 6.78. The van der Waals surface area contributed by atoms with Gasteiger partial charge < -0.3 is 0 Å². The van der Waals surface area contributed by atoms with Gasteiger partial charge in [-0.15, -0.1) is 0 Å². The summed E-state index contributed by atoms with van der Waals surface area (Å²) >= 11 is 0. The average molecular weight is 641 g/mol. The van der Waals surface area contributed by atoms with Gasteiger partial charge in [-0.1, -0.05) is 84.5 Å². The Morgan fingerprint density at radius 3 is 2.51 bits per heavy atom. The number of hydrogen-bond donors (Lipinski definition) is 1.